The van der Waals surface area contributed by atoms with Gasteiger partial charge in [-0.2, -0.15) is 47.2 Å². The molecule has 0 spiro atoms. The Labute approximate surface area is 397 Å². The maximum atomic E-state index is 12.8. The van der Waals surface area contributed by atoms with Gasteiger partial charge in [-0.1, -0.05) is 0 Å². The molecule has 0 radical (unpaired) electrons. The molecule has 4 rings (SSSR count). The summed E-state index contributed by atoms with van der Waals surface area (Å²) in [6.45, 7) is -3.18. The van der Waals surface area contributed by atoms with E-state index < -0.39 is 177 Å². The van der Waals surface area contributed by atoms with Gasteiger partial charge in [-0.05, 0) is 66.7 Å². The molecule has 0 amide bonds. The van der Waals surface area contributed by atoms with E-state index in [4.69, 9.17) is 25.1 Å². The second-order valence-electron chi connectivity index (χ2n) is 13.1. The van der Waals surface area contributed by atoms with E-state index in [0.717, 1.165) is 42.5 Å². The lowest BCUT2D eigenvalue weighted by Gasteiger charge is -2.11. The van der Waals surface area contributed by atoms with Gasteiger partial charge in [0.05, 0.1) is 68.8 Å². The zero-order chi connectivity index (χ0) is 52.9. The van der Waals surface area contributed by atoms with Crippen LogP contribution in [0.2, 0.25) is 0 Å². The van der Waals surface area contributed by atoms with Gasteiger partial charge in [0.25, 0.3) is 20.2 Å². The van der Waals surface area contributed by atoms with Gasteiger partial charge in [0.2, 0.25) is 0 Å². The summed E-state index contributed by atoms with van der Waals surface area (Å²) in [7, 11) is -39.2. The molecule has 0 aromatic heterocycles. The molecule has 0 unspecified atom stereocenters. The molecule has 0 saturated carbocycles. The van der Waals surface area contributed by atoms with E-state index in [-0.39, 0.29) is 10.6 Å². The Bertz CT molecular complexity index is 3720. The summed E-state index contributed by atoms with van der Waals surface area (Å²) in [5.41, 5.74) is 7.90. The summed E-state index contributed by atoms with van der Waals surface area (Å²) in [6, 6.07) is 8.83. The molecule has 0 fully saturated rings. The van der Waals surface area contributed by atoms with E-state index in [0.29, 0.717) is 24.3 Å². The average Bonchev–Trinajstić information content (AvgIpc) is 3.20. The summed E-state index contributed by atoms with van der Waals surface area (Å²) in [5, 5.41) is 22.8. The average molecular weight is 1150 g/mol. The third kappa shape index (κ3) is 16.6. The van der Waals surface area contributed by atoms with Crippen LogP contribution in [0, 0.1) is 0 Å². The Morgan fingerprint density at radius 2 is 0.700 bits per heavy atom. The molecule has 0 bridgehead atoms. The minimum absolute atomic E-state index is 0.106. The largest absolute Gasteiger partial charge is 0.397 e. The summed E-state index contributed by atoms with van der Waals surface area (Å²) in [6.07, 6.45) is 0. The van der Waals surface area contributed by atoms with Crippen molar-refractivity contribution in [1.29, 1.82) is 0 Å². The molecule has 40 heteroatoms. The van der Waals surface area contributed by atoms with Crippen molar-refractivity contribution in [1.82, 2.24) is 0 Å². The van der Waals surface area contributed by atoms with Crippen molar-refractivity contribution in [3.8, 4) is 0 Å². The lowest BCUT2D eigenvalue weighted by molar-refractivity contribution is 0.282. The second kappa shape index (κ2) is 21.5. The molecule has 4 aromatic carbocycles. The van der Waals surface area contributed by atoms with Crippen LogP contribution in [0.1, 0.15) is 0 Å². The molecule has 32 nitrogen and oxygen atoms in total. The molecule has 70 heavy (non-hydrogen) atoms. The van der Waals surface area contributed by atoms with Crippen molar-refractivity contribution in [3.63, 3.8) is 0 Å². The van der Waals surface area contributed by atoms with Crippen LogP contribution in [0.4, 0.5) is 45.5 Å². The van der Waals surface area contributed by atoms with Crippen molar-refractivity contribution in [2.45, 2.75) is 24.5 Å². The van der Waals surface area contributed by atoms with Crippen LogP contribution < -0.4 is 11.5 Å². The molecule has 0 heterocycles. The van der Waals surface area contributed by atoms with E-state index in [1.807, 2.05) is 0 Å². The van der Waals surface area contributed by atoms with Gasteiger partial charge in [0.15, 0.2) is 29.5 Å². The Morgan fingerprint density at radius 3 is 1.06 bits per heavy atom. The molecule has 0 aliphatic carbocycles. The number of nitrogens with two attached hydrogens (primary N) is 2. The second-order valence-corrected chi connectivity index (χ2v) is 25.5. The maximum absolute atomic E-state index is 12.8. The standard InChI is InChI=1S/C30H32N8O24S8/c31-28-24(36-33-18-1-3-19(4-2-18)63(39,40)12-9-60-68(51,52)53)17-25(37-34-22-7-5-20(15-26(22)66(45,46)47)64(41,42)13-10-61-69(54,55)56)29(32)30(28)38-35-23-8-6-21(16-27(23)67(48,49)50)65(43,44)14-11-62-70(57,58)59/h1-8,15-17H,9-14,31-32H2,(H,45,46,47)(H,48,49,50)(H,51,52,53)(H,54,55,56)(H,57,58,59)/b36-33+,37-34+,38-35+. The van der Waals surface area contributed by atoms with Crippen LogP contribution >= 0.6 is 0 Å². The van der Waals surface area contributed by atoms with Gasteiger partial charge in [-0.3, -0.25) is 22.8 Å². The highest BCUT2D eigenvalue weighted by molar-refractivity contribution is 7.92. The Balaban J connectivity index is 1.86. The molecule has 9 N–H and O–H groups in total. The number of nitrogen functional groups attached to an aromatic ring is 2. The number of hydrogen-bond acceptors (Lipinski definition) is 27. The van der Waals surface area contributed by atoms with Crippen molar-refractivity contribution >= 4 is 126 Å². The van der Waals surface area contributed by atoms with Crippen LogP contribution in [0.5, 0.6) is 0 Å². The fourth-order valence-corrected chi connectivity index (χ4v) is 11.0. The van der Waals surface area contributed by atoms with Gasteiger partial charge < -0.3 is 11.5 Å². The number of azo groups is 3. The normalized spacial score (nSPS) is 13.7. The van der Waals surface area contributed by atoms with E-state index in [2.05, 4.69) is 43.2 Å². The van der Waals surface area contributed by atoms with E-state index in [9.17, 15) is 76.4 Å². The smallest absolute Gasteiger partial charge is 0.395 e. The fourth-order valence-electron chi connectivity index (χ4n) is 5.04. The van der Waals surface area contributed by atoms with Crippen LogP contribution in [-0.2, 0) is 93.5 Å². The Hall–Kier alpha value is -5.44. The first-order chi connectivity index (χ1) is 31.9. The molecule has 4 aromatic rings. The summed E-state index contributed by atoms with van der Waals surface area (Å²) < 4.78 is 249. The number of sulfone groups is 3. The predicted molar refractivity (Wildman–Crippen MR) is 235 cm³/mol. The zero-order valence-corrected chi connectivity index (χ0v) is 40.7. The number of hydrogen-bond donors (Lipinski definition) is 7. The molecule has 0 atom stereocenters. The highest BCUT2D eigenvalue weighted by Gasteiger charge is 2.26. The SMILES string of the molecule is Nc1c(/N=N/c2ccc(S(=O)(=O)CCOS(=O)(=O)O)cc2)cc(/N=N/c2ccc(S(=O)(=O)CCOS(=O)(=O)O)cc2S(=O)(=O)O)c(N)c1/N=N/c1ccc(S(=O)(=O)CCOS(=O)(=O)O)cc1S(=O)(=O)O. The lowest BCUT2D eigenvalue weighted by atomic mass is 10.2. The highest BCUT2D eigenvalue weighted by atomic mass is 32.3. The number of rotatable bonds is 23. The third-order valence-corrected chi connectivity index (χ3v) is 16.4. The minimum atomic E-state index is -5.38. The van der Waals surface area contributed by atoms with Crippen molar-refractivity contribution in [2.24, 2.45) is 30.7 Å². The van der Waals surface area contributed by atoms with E-state index in [1.165, 1.54) is 0 Å². The molecule has 0 aliphatic heterocycles. The van der Waals surface area contributed by atoms with Gasteiger partial charge in [0.1, 0.15) is 38.2 Å². The highest BCUT2D eigenvalue weighted by Crippen LogP contribution is 2.46. The van der Waals surface area contributed by atoms with E-state index >= 15 is 0 Å². The van der Waals surface area contributed by atoms with Crippen molar-refractivity contribution in [2.75, 3.05) is 48.5 Å². The Morgan fingerprint density at radius 1 is 0.386 bits per heavy atom. The topological polar surface area (TPSA) is 528 Å². The van der Waals surface area contributed by atoms with Crippen LogP contribution in [0.15, 0.2) is 122 Å². The molecular formula is C30H32N8O24S8. The first-order valence-electron chi connectivity index (χ1n) is 17.7. The lowest BCUT2D eigenvalue weighted by Crippen LogP contribution is -2.16. The van der Waals surface area contributed by atoms with Gasteiger partial charge in [-0.25, -0.2) is 37.8 Å². The molecule has 0 aliphatic rings. The Kier molecular flexibility index (Phi) is 17.6. The van der Waals surface area contributed by atoms with Gasteiger partial charge in [0, 0.05) is 0 Å². The first kappa shape index (κ1) is 57.1. The predicted octanol–water partition coefficient (Wildman–Crippen LogP) is 2.37. The van der Waals surface area contributed by atoms with Crippen LogP contribution in [-0.4, -0.2) is 127 Å². The zero-order valence-electron chi connectivity index (χ0n) is 34.2. The third-order valence-electron chi connectivity index (χ3n) is 8.22. The molecule has 384 valence electrons. The van der Waals surface area contributed by atoms with E-state index in [1.54, 1.807) is 0 Å². The monoisotopic (exact) mass is 1140 g/mol. The minimum Gasteiger partial charge on any atom is -0.395 e. The number of benzene rings is 4. The van der Waals surface area contributed by atoms with Gasteiger partial charge in [-0.15, -0.1) is 25.6 Å². The quantitative estimate of drug-likeness (QED) is 0.0318. The van der Waals surface area contributed by atoms with Crippen LogP contribution in [0.3, 0.4) is 0 Å². The molecule has 0 saturated heterocycles. The first-order valence-corrected chi connectivity index (χ1v) is 29.7. The molecular weight excluding hydrogens is 1110 g/mol. The summed E-state index contributed by atoms with van der Waals surface area (Å²) >= 11 is 0. The van der Waals surface area contributed by atoms with Crippen molar-refractivity contribution < 1.29 is 103 Å². The fraction of sp³-hybridized carbons (Fsp3) is 0.200. The number of anilines is 2. The van der Waals surface area contributed by atoms with Crippen molar-refractivity contribution in [3.05, 3.63) is 66.7 Å². The summed E-state index contributed by atoms with van der Waals surface area (Å²) in [4.78, 5) is -4.45. The maximum Gasteiger partial charge on any atom is 0.397 e. The van der Waals surface area contributed by atoms with Gasteiger partial charge >= 0.3 is 31.2 Å². The summed E-state index contributed by atoms with van der Waals surface area (Å²) in [5.74, 6) is -3.15. The number of nitrogens with zero attached hydrogens (tertiary/aromatic N) is 6. The van der Waals surface area contributed by atoms with Crippen LogP contribution in [0.25, 0.3) is 0 Å².